The molecule has 4 nitrogen and oxygen atoms in total. The first-order valence-electron chi connectivity index (χ1n) is 13.5. The maximum absolute atomic E-state index is 13.1. The normalized spacial score (nSPS) is 10.8. The second-order valence-corrected chi connectivity index (χ2v) is 10.1. The number of aromatic hydroxyl groups is 2. The van der Waals surface area contributed by atoms with Crippen LogP contribution in [0.3, 0.4) is 0 Å². The molecule has 0 aliphatic heterocycles. The summed E-state index contributed by atoms with van der Waals surface area (Å²) in [5.41, 5.74) is 8.16. The third kappa shape index (κ3) is 5.60. The Morgan fingerprint density at radius 3 is 0.643 bits per heavy atom. The van der Waals surface area contributed by atoms with E-state index in [9.17, 15) is 19.8 Å². The zero-order chi connectivity index (χ0) is 29.1. The lowest BCUT2D eigenvalue weighted by Gasteiger charge is -2.08. The molecule has 202 valence electrons. The fourth-order valence-corrected chi connectivity index (χ4v) is 4.90. The summed E-state index contributed by atoms with van der Waals surface area (Å²) >= 11 is 0. The van der Waals surface area contributed by atoms with Gasteiger partial charge >= 0.3 is 0 Å². The van der Waals surface area contributed by atoms with Crippen LogP contribution in [0.4, 0.5) is 0 Å². The van der Waals surface area contributed by atoms with Crippen LogP contribution in [-0.2, 0) is 0 Å². The monoisotopic (exact) mass is 546 g/mol. The van der Waals surface area contributed by atoms with Crippen LogP contribution in [-0.4, -0.2) is 21.8 Å². The van der Waals surface area contributed by atoms with Gasteiger partial charge in [0.1, 0.15) is 11.5 Å². The topological polar surface area (TPSA) is 74.6 Å². The second-order valence-electron chi connectivity index (χ2n) is 10.1. The standard InChI is InChI=1S/C38H26O4/c39-35-21-17-29(18-22-35)27-5-13-33(14-6-27)37(41)31-9-1-25(2-10-31)26-3-11-32(12-4-26)38(42)34-15-7-28(8-16-34)30-19-23-36(40)24-20-30/h1-24,39-40H. The van der Waals surface area contributed by atoms with Gasteiger partial charge < -0.3 is 10.2 Å². The Bertz CT molecular complexity index is 1710. The Balaban J connectivity index is 1.12. The lowest BCUT2D eigenvalue weighted by molar-refractivity contribution is 0.103. The lowest BCUT2D eigenvalue weighted by Crippen LogP contribution is -2.01. The van der Waals surface area contributed by atoms with E-state index < -0.39 is 0 Å². The van der Waals surface area contributed by atoms with E-state index in [0.717, 1.165) is 33.4 Å². The molecule has 42 heavy (non-hydrogen) atoms. The van der Waals surface area contributed by atoms with Crippen LogP contribution in [0.15, 0.2) is 146 Å². The first-order chi connectivity index (χ1) is 20.4. The SMILES string of the molecule is O=C(c1ccc(-c2ccc(O)cc2)cc1)c1ccc(-c2ccc(C(=O)c3ccc(-c4ccc(O)cc4)cc3)cc2)cc1. The summed E-state index contributed by atoms with van der Waals surface area (Å²) in [6.45, 7) is 0. The van der Waals surface area contributed by atoms with Crippen molar-refractivity contribution >= 4 is 11.6 Å². The van der Waals surface area contributed by atoms with Crippen molar-refractivity contribution in [3.63, 3.8) is 0 Å². The summed E-state index contributed by atoms with van der Waals surface area (Å²) < 4.78 is 0. The van der Waals surface area contributed by atoms with Gasteiger partial charge in [0.2, 0.25) is 0 Å². The highest BCUT2D eigenvalue weighted by Crippen LogP contribution is 2.26. The van der Waals surface area contributed by atoms with Gasteiger partial charge in [-0.2, -0.15) is 0 Å². The summed E-state index contributed by atoms with van der Waals surface area (Å²) in [4.78, 5) is 26.2. The highest BCUT2D eigenvalue weighted by Gasteiger charge is 2.12. The predicted molar refractivity (Wildman–Crippen MR) is 166 cm³/mol. The molecule has 0 fully saturated rings. The Morgan fingerprint density at radius 1 is 0.286 bits per heavy atom. The molecule has 0 saturated heterocycles. The maximum Gasteiger partial charge on any atom is 0.193 e. The number of phenols is 2. The van der Waals surface area contributed by atoms with Crippen LogP contribution < -0.4 is 0 Å². The molecule has 0 spiro atoms. The van der Waals surface area contributed by atoms with Crippen molar-refractivity contribution in [2.24, 2.45) is 0 Å². The number of ketones is 2. The molecule has 0 heterocycles. The summed E-state index contributed by atoms with van der Waals surface area (Å²) in [5, 5.41) is 19.0. The van der Waals surface area contributed by atoms with Crippen LogP contribution in [0.1, 0.15) is 31.8 Å². The number of rotatable bonds is 7. The highest BCUT2D eigenvalue weighted by atomic mass is 16.3. The number of hydrogen-bond donors (Lipinski definition) is 2. The van der Waals surface area contributed by atoms with E-state index in [4.69, 9.17) is 0 Å². The average Bonchev–Trinajstić information content (AvgIpc) is 3.05. The summed E-state index contributed by atoms with van der Waals surface area (Å²) in [5.74, 6) is 0.312. The molecule has 6 rings (SSSR count). The molecule has 0 amide bonds. The second kappa shape index (κ2) is 11.4. The number of carbonyl (C=O) groups excluding carboxylic acids is 2. The van der Waals surface area contributed by atoms with E-state index in [1.165, 1.54) is 0 Å². The van der Waals surface area contributed by atoms with E-state index in [1.54, 1.807) is 24.3 Å². The van der Waals surface area contributed by atoms with Crippen molar-refractivity contribution < 1.29 is 19.8 Å². The molecule has 0 saturated carbocycles. The van der Waals surface area contributed by atoms with Crippen molar-refractivity contribution in [3.05, 3.63) is 168 Å². The van der Waals surface area contributed by atoms with Gasteiger partial charge in [0, 0.05) is 22.3 Å². The Labute approximate surface area is 243 Å². The van der Waals surface area contributed by atoms with Crippen LogP contribution >= 0.6 is 0 Å². The minimum Gasteiger partial charge on any atom is -0.508 e. The van der Waals surface area contributed by atoms with Gasteiger partial charge in [-0.15, -0.1) is 0 Å². The first kappa shape index (κ1) is 26.5. The summed E-state index contributed by atoms with van der Waals surface area (Å²) in [6.07, 6.45) is 0. The molecule has 0 aliphatic rings. The zero-order valence-electron chi connectivity index (χ0n) is 22.6. The molecule has 0 bridgehead atoms. The Hall–Kier alpha value is -5.74. The van der Waals surface area contributed by atoms with Gasteiger partial charge in [-0.3, -0.25) is 9.59 Å². The van der Waals surface area contributed by atoms with Crippen LogP contribution in [0.2, 0.25) is 0 Å². The minimum atomic E-state index is -0.0591. The molecule has 6 aromatic rings. The number of carbonyl (C=O) groups is 2. The van der Waals surface area contributed by atoms with Crippen LogP contribution in [0.5, 0.6) is 11.5 Å². The fraction of sp³-hybridized carbons (Fsp3) is 0. The molecular formula is C38H26O4. The smallest absolute Gasteiger partial charge is 0.193 e. The number of benzene rings is 6. The molecule has 0 atom stereocenters. The average molecular weight is 547 g/mol. The third-order valence-corrected chi connectivity index (χ3v) is 7.32. The Kier molecular flexibility index (Phi) is 7.19. The van der Waals surface area contributed by atoms with E-state index in [2.05, 4.69) is 0 Å². The summed E-state index contributed by atoms with van der Waals surface area (Å²) in [7, 11) is 0. The van der Waals surface area contributed by atoms with Crippen LogP contribution in [0.25, 0.3) is 33.4 Å². The van der Waals surface area contributed by atoms with E-state index >= 15 is 0 Å². The highest BCUT2D eigenvalue weighted by molar-refractivity contribution is 6.10. The van der Waals surface area contributed by atoms with Crippen molar-refractivity contribution in [1.29, 1.82) is 0 Å². The largest absolute Gasteiger partial charge is 0.508 e. The molecule has 0 unspecified atom stereocenters. The minimum absolute atomic E-state index is 0.0591. The molecule has 4 heteroatoms. The van der Waals surface area contributed by atoms with E-state index in [1.807, 2.05) is 121 Å². The van der Waals surface area contributed by atoms with Gasteiger partial charge in [0.15, 0.2) is 11.6 Å². The molecule has 2 N–H and O–H groups in total. The predicted octanol–water partition coefficient (Wildman–Crippen LogP) is 8.56. The van der Waals surface area contributed by atoms with Crippen molar-refractivity contribution in [3.8, 4) is 44.9 Å². The number of phenolic OH excluding ortho intramolecular Hbond substituents is 2. The number of hydrogen-bond acceptors (Lipinski definition) is 4. The summed E-state index contributed by atoms with van der Waals surface area (Å²) in [6, 6.07) is 43.7. The van der Waals surface area contributed by atoms with Crippen molar-refractivity contribution in [1.82, 2.24) is 0 Å². The molecule has 0 aromatic heterocycles. The molecule has 0 aliphatic carbocycles. The van der Waals surface area contributed by atoms with E-state index in [0.29, 0.717) is 22.3 Å². The molecule has 6 aromatic carbocycles. The third-order valence-electron chi connectivity index (χ3n) is 7.32. The van der Waals surface area contributed by atoms with Gasteiger partial charge in [-0.1, -0.05) is 121 Å². The van der Waals surface area contributed by atoms with Gasteiger partial charge in [0.25, 0.3) is 0 Å². The van der Waals surface area contributed by atoms with Gasteiger partial charge in [-0.05, 0) is 57.6 Å². The first-order valence-corrected chi connectivity index (χ1v) is 13.5. The van der Waals surface area contributed by atoms with Gasteiger partial charge in [0.05, 0.1) is 0 Å². The van der Waals surface area contributed by atoms with Gasteiger partial charge in [-0.25, -0.2) is 0 Å². The molecular weight excluding hydrogens is 520 g/mol. The lowest BCUT2D eigenvalue weighted by atomic mass is 9.96. The maximum atomic E-state index is 13.1. The van der Waals surface area contributed by atoms with Crippen molar-refractivity contribution in [2.45, 2.75) is 0 Å². The van der Waals surface area contributed by atoms with Crippen molar-refractivity contribution in [2.75, 3.05) is 0 Å². The fourth-order valence-electron chi connectivity index (χ4n) is 4.90. The quantitative estimate of drug-likeness (QED) is 0.197. The zero-order valence-corrected chi connectivity index (χ0v) is 22.6. The Morgan fingerprint density at radius 2 is 0.452 bits per heavy atom. The van der Waals surface area contributed by atoms with E-state index in [-0.39, 0.29) is 23.1 Å². The molecule has 0 radical (unpaired) electrons. The van der Waals surface area contributed by atoms with Crippen LogP contribution in [0, 0.1) is 0 Å².